The monoisotopic (exact) mass is 417 g/mol. The average Bonchev–Trinajstić information content (AvgIpc) is 3.10. The number of benzene rings is 2. The van der Waals surface area contributed by atoms with Crippen molar-refractivity contribution in [3.63, 3.8) is 0 Å². The zero-order valence-electron chi connectivity index (χ0n) is 15.8. The molecule has 0 atom stereocenters. The van der Waals surface area contributed by atoms with E-state index in [1.165, 1.54) is 13.1 Å². The number of nitro groups is 2. The highest BCUT2D eigenvalue weighted by molar-refractivity contribution is 6.06. The number of amides is 1. The lowest BCUT2D eigenvalue weighted by Gasteiger charge is -2.09. The van der Waals surface area contributed by atoms with Crippen LogP contribution in [0, 0.1) is 38.5 Å². The van der Waals surface area contributed by atoms with Gasteiger partial charge in [-0.25, -0.2) is 4.98 Å². The Kier molecular flexibility index (Phi) is 4.48. The van der Waals surface area contributed by atoms with Crippen molar-refractivity contribution in [1.82, 2.24) is 14.4 Å². The number of fused-ring (bicyclic) bond motifs is 3. The maximum atomic E-state index is 12.8. The molecule has 0 fully saturated rings. The molecule has 0 aliphatic heterocycles. The van der Waals surface area contributed by atoms with Crippen LogP contribution >= 0.6 is 0 Å². The Morgan fingerprint density at radius 1 is 1.16 bits per heavy atom. The summed E-state index contributed by atoms with van der Waals surface area (Å²) in [5.74, 6) is -0.783. The Morgan fingerprint density at radius 3 is 2.58 bits per heavy atom. The SMILES string of the molecule is Cc1c(C(=O)Nc2nc3nc4ccccc4n3cc2C#N)cc([N+](=O)[O-])cc1[N+](=O)[O-]. The number of imidazole rings is 1. The van der Waals surface area contributed by atoms with Gasteiger partial charge < -0.3 is 5.32 Å². The summed E-state index contributed by atoms with van der Waals surface area (Å²) in [6.07, 6.45) is 1.45. The number of aromatic nitrogens is 3. The topological polar surface area (TPSA) is 169 Å². The number of nitriles is 1. The predicted molar refractivity (Wildman–Crippen MR) is 108 cm³/mol. The molecule has 12 nitrogen and oxygen atoms in total. The second kappa shape index (κ2) is 7.16. The molecule has 1 N–H and O–H groups in total. The Labute approximate surface area is 172 Å². The van der Waals surface area contributed by atoms with E-state index in [0.717, 1.165) is 12.1 Å². The fourth-order valence-electron chi connectivity index (χ4n) is 3.16. The molecule has 4 aromatic rings. The number of nitrogens with one attached hydrogen (secondary N) is 1. The lowest BCUT2D eigenvalue weighted by molar-refractivity contribution is -0.394. The van der Waals surface area contributed by atoms with Gasteiger partial charge in [0, 0.05) is 17.8 Å². The third-order valence-electron chi connectivity index (χ3n) is 4.67. The van der Waals surface area contributed by atoms with Crippen molar-refractivity contribution in [2.75, 3.05) is 5.32 Å². The number of anilines is 1. The molecule has 31 heavy (non-hydrogen) atoms. The largest absolute Gasteiger partial charge is 0.305 e. The number of carbonyl (C=O) groups is 1. The van der Waals surface area contributed by atoms with E-state index in [1.54, 1.807) is 28.7 Å². The van der Waals surface area contributed by atoms with Crippen molar-refractivity contribution in [3.05, 3.63) is 79.5 Å². The van der Waals surface area contributed by atoms with E-state index in [4.69, 9.17) is 0 Å². The molecule has 0 spiro atoms. The van der Waals surface area contributed by atoms with E-state index in [-0.39, 0.29) is 28.3 Å². The molecule has 0 saturated carbocycles. The average molecular weight is 417 g/mol. The molecule has 2 aromatic carbocycles. The first-order valence-corrected chi connectivity index (χ1v) is 8.73. The van der Waals surface area contributed by atoms with Crippen molar-refractivity contribution in [2.24, 2.45) is 0 Å². The summed E-state index contributed by atoms with van der Waals surface area (Å²) in [6, 6.07) is 10.8. The fraction of sp³-hybridized carbons (Fsp3) is 0.0526. The maximum absolute atomic E-state index is 12.8. The molecule has 12 heteroatoms. The molecule has 2 aromatic heterocycles. The van der Waals surface area contributed by atoms with E-state index in [0.29, 0.717) is 11.0 Å². The van der Waals surface area contributed by atoms with E-state index in [1.807, 2.05) is 6.07 Å². The van der Waals surface area contributed by atoms with Gasteiger partial charge in [-0.05, 0) is 19.1 Å². The lowest BCUT2D eigenvalue weighted by Crippen LogP contribution is -2.17. The number of nitro benzene ring substituents is 2. The van der Waals surface area contributed by atoms with Crippen LogP contribution in [-0.2, 0) is 0 Å². The van der Waals surface area contributed by atoms with Crippen molar-refractivity contribution >= 4 is 39.9 Å². The van der Waals surface area contributed by atoms with Crippen LogP contribution in [0.2, 0.25) is 0 Å². The zero-order chi connectivity index (χ0) is 22.3. The Hall–Kier alpha value is -4.92. The summed E-state index contributed by atoms with van der Waals surface area (Å²) in [6.45, 7) is 1.31. The third-order valence-corrected chi connectivity index (χ3v) is 4.67. The molecule has 0 saturated heterocycles. The number of rotatable bonds is 4. The first kappa shape index (κ1) is 19.4. The van der Waals surface area contributed by atoms with E-state index in [2.05, 4.69) is 15.3 Å². The quantitative estimate of drug-likeness (QED) is 0.390. The maximum Gasteiger partial charge on any atom is 0.279 e. The van der Waals surface area contributed by atoms with Gasteiger partial charge >= 0.3 is 0 Å². The van der Waals surface area contributed by atoms with Gasteiger partial charge in [0.15, 0.2) is 5.82 Å². The van der Waals surface area contributed by atoms with E-state index in [9.17, 15) is 30.3 Å². The molecule has 0 bridgehead atoms. The van der Waals surface area contributed by atoms with E-state index < -0.39 is 27.1 Å². The van der Waals surface area contributed by atoms with Crippen LogP contribution in [0.15, 0.2) is 42.6 Å². The normalized spacial score (nSPS) is 10.7. The van der Waals surface area contributed by atoms with Gasteiger partial charge in [-0.1, -0.05) is 12.1 Å². The summed E-state index contributed by atoms with van der Waals surface area (Å²) in [5.41, 5.74) is -0.147. The summed E-state index contributed by atoms with van der Waals surface area (Å²) in [7, 11) is 0. The second-order valence-corrected chi connectivity index (χ2v) is 6.49. The highest BCUT2D eigenvalue weighted by Gasteiger charge is 2.25. The first-order chi connectivity index (χ1) is 14.8. The van der Waals surface area contributed by atoms with Gasteiger partial charge in [-0.15, -0.1) is 0 Å². The molecule has 0 aliphatic carbocycles. The first-order valence-electron chi connectivity index (χ1n) is 8.73. The lowest BCUT2D eigenvalue weighted by atomic mass is 10.0. The van der Waals surface area contributed by atoms with Crippen LogP contribution in [0.3, 0.4) is 0 Å². The van der Waals surface area contributed by atoms with Gasteiger partial charge in [0.1, 0.15) is 11.6 Å². The standard InChI is InChI=1S/C19H11N7O5/c1-10-13(6-12(25(28)29)7-16(10)26(30)31)18(27)22-17-11(8-20)9-24-15-5-3-2-4-14(15)21-19(24)23-17/h2-7,9H,1H3,(H,21,22,23,27). The van der Waals surface area contributed by atoms with Crippen LogP contribution < -0.4 is 5.32 Å². The molecule has 0 aliphatic rings. The summed E-state index contributed by atoms with van der Waals surface area (Å²) in [4.78, 5) is 42.1. The summed E-state index contributed by atoms with van der Waals surface area (Å²) >= 11 is 0. The van der Waals surface area contributed by atoms with Crippen LogP contribution in [0.5, 0.6) is 0 Å². The van der Waals surface area contributed by atoms with Gasteiger partial charge in [0.05, 0.1) is 32.5 Å². The summed E-state index contributed by atoms with van der Waals surface area (Å²) < 4.78 is 1.59. The Bertz CT molecular complexity index is 1470. The molecule has 1 amide bonds. The van der Waals surface area contributed by atoms with Crippen LogP contribution in [-0.4, -0.2) is 30.1 Å². The molecular formula is C19H11N7O5. The number of para-hydroxylation sites is 2. The van der Waals surface area contributed by atoms with Crippen molar-refractivity contribution < 1.29 is 14.6 Å². The predicted octanol–water partition coefficient (Wildman–Crippen LogP) is 3.13. The minimum Gasteiger partial charge on any atom is -0.305 e. The third kappa shape index (κ3) is 3.25. The van der Waals surface area contributed by atoms with Gasteiger partial charge in [0.2, 0.25) is 5.78 Å². The van der Waals surface area contributed by atoms with Crippen molar-refractivity contribution in [1.29, 1.82) is 5.26 Å². The zero-order valence-corrected chi connectivity index (χ0v) is 15.8. The van der Waals surface area contributed by atoms with Gasteiger partial charge in [0.25, 0.3) is 17.3 Å². The Morgan fingerprint density at radius 2 is 1.90 bits per heavy atom. The number of hydrogen-bond donors (Lipinski definition) is 1. The number of hydrogen-bond acceptors (Lipinski definition) is 8. The number of non-ortho nitro benzene ring substituents is 1. The molecule has 0 radical (unpaired) electrons. The minimum atomic E-state index is -0.881. The van der Waals surface area contributed by atoms with Crippen LogP contribution in [0.25, 0.3) is 16.8 Å². The molecular weight excluding hydrogens is 406 g/mol. The molecule has 2 heterocycles. The molecule has 0 unspecified atom stereocenters. The van der Waals surface area contributed by atoms with Gasteiger partial charge in [-0.3, -0.25) is 29.4 Å². The van der Waals surface area contributed by atoms with Crippen molar-refractivity contribution in [3.8, 4) is 6.07 Å². The number of nitrogens with zero attached hydrogens (tertiary/aromatic N) is 6. The van der Waals surface area contributed by atoms with E-state index >= 15 is 0 Å². The van der Waals surface area contributed by atoms with Crippen LogP contribution in [0.1, 0.15) is 21.5 Å². The number of carbonyl (C=O) groups excluding carboxylic acids is 1. The second-order valence-electron chi connectivity index (χ2n) is 6.49. The summed E-state index contributed by atoms with van der Waals surface area (Å²) in [5, 5.41) is 34.3. The molecule has 4 rings (SSSR count). The highest BCUT2D eigenvalue weighted by Crippen LogP contribution is 2.29. The van der Waals surface area contributed by atoms with Crippen molar-refractivity contribution in [2.45, 2.75) is 6.92 Å². The van der Waals surface area contributed by atoms with Crippen LogP contribution in [0.4, 0.5) is 17.2 Å². The smallest absolute Gasteiger partial charge is 0.279 e. The molecule has 152 valence electrons. The van der Waals surface area contributed by atoms with Gasteiger partial charge in [-0.2, -0.15) is 10.2 Å². The minimum absolute atomic E-state index is 0.0154. The Balaban J connectivity index is 1.81. The highest BCUT2D eigenvalue weighted by atomic mass is 16.6. The fourth-order valence-corrected chi connectivity index (χ4v) is 3.16.